The molecule has 166 valence electrons. The molecule has 0 spiro atoms. The number of ketones is 1. The van der Waals surface area contributed by atoms with Crippen molar-refractivity contribution in [3.8, 4) is 5.75 Å². The fourth-order valence-corrected chi connectivity index (χ4v) is 5.06. The number of amides is 1. The summed E-state index contributed by atoms with van der Waals surface area (Å²) in [6, 6.07) is 14.4. The van der Waals surface area contributed by atoms with Crippen LogP contribution in [0.1, 0.15) is 27.9 Å². The highest BCUT2D eigenvalue weighted by molar-refractivity contribution is 7.22. The predicted octanol–water partition coefficient (Wildman–Crippen LogP) is 5.64. The molecule has 0 bridgehead atoms. The maximum atomic E-state index is 13.4. The first kappa shape index (κ1) is 21.2. The molecule has 1 amide bonds. The van der Waals surface area contributed by atoms with Gasteiger partial charge in [0.1, 0.15) is 11.5 Å². The Labute approximate surface area is 197 Å². The Kier molecular flexibility index (Phi) is 5.19. The van der Waals surface area contributed by atoms with Gasteiger partial charge in [0.15, 0.2) is 16.7 Å². The number of furan rings is 1. The molecule has 1 atom stereocenters. The van der Waals surface area contributed by atoms with Gasteiger partial charge in [0, 0.05) is 5.02 Å². The number of methoxy groups -OCH3 is 1. The minimum absolute atomic E-state index is 0.0322. The Morgan fingerprint density at radius 1 is 1.21 bits per heavy atom. The van der Waals surface area contributed by atoms with Crippen molar-refractivity contribution in [1.82, 2.24) is 4.98 Å². The van der Waals surface area contributed by atoms with Gasteiger partial charge in [0.05, 0.1) is 28.9 Å². The minimum atomic E-state index is -0.934. The van der Waals surface area contributed by atoms with E-state index in [0.29, 0.717) is 32.7 Å². The number of benzene rings is 2. The van der Waals surface area contributed by atoms with Crippen molar-refractivity contribution >= 4 is 50.0 Å². The van der Waals surface area contributed by atoms with Crippen LogP contribution in [0.4, 0.5) is 5.13 Å². The molecule has 0 aliphatic carbocycles. The van der Waals surface area contributed by atoms with Crippen molar-refractivity contribution < 1.29 is 23.8 Å². The molecule has 1 aliphatic rings. The second kappa shape index (κ2) is 8.06. The van der Waals surface area contributed by atoms with Gasteiger partial charge >= 0.3 is 0 Å². The first-order chi connectivity index (χ1) is 15.9. The van der Waals surface area contributed by atoms with Crippen LogP contribution in [0.15, 0.2) is 70.3 Å². The Bertz CT molecular complexity index is 1450. The number of aliphatic hydroxyl groups excluding tert-OH is 1. The number of aliphatic hydroxyl groups is 1. The molecule has 2 aromatic heterocycles. The smallest absolute Gasteiger partial charge is 0.296 e. The second-order valence-corrected chi connectivity index (χ2v) is 8.91. The molecule has 1 unspecified atom stereocenters. The average Bonchev–Trinajstić information content (AvgIpc) is 3.49. The zero-order chi connectivity index (χ0) is 23.3. The summed E-state index contributed by atoms with van der Waals surface area (Å²) in [6.07, 6.45) is 0. The van der Waals surface area contributed by atoms with E-state index in [1.54, 1.807) is 56.5 Å². The molecule has 4 aromatic rings. The molecule has 0 saturated carbocycles. The van der Waals surface area contributed by atoms with E-state index < -0.39 is 23.5 Å². The van der Waals surface area contributed by atoms with E-state index in [2.05, 4.69) is 4.98 Å². The van der Waals surface area contributed by atoms with Crippen LogP contribution >= 0.6 is 22.9 Å². The highest BCUT2D eigenvalue weighted by Crippen LogP contribution is 2.45. The van der Waals surface area contributed by atoms with Crippen LogP contribution in [0.2, 0.25) is 5.02 Å². The van der Waals surface area contributed by atoms with Gasteiger partial charge < -0.3 is 14.3 Å². The van der Waals surface area contributed by atoms with Crippen LogP contribution in [0.25, 0.3) is 10.2 Å². The summed E-state index contributed by atoms with van der Waals surface area (Å²) in [7, 11) is 1.57. The summed E-state index contributed by atoms with van der Waals surface area (Å²) >= 11 is 7.48. The molecule has 2 aromatic carbocycles. The highest BCUT2D eigenvalue weighted by atomic mass is 35.5. The standard InChI is InChI=1S/C24H17ClN2O5S/c1-12-6-9-17(32-12)21(28)19-20(13-4-3-5-14(25)10-13)27(23(30)22(19)29)24-26-16-8-7-15(31-2)11-18(16)33-24/h3-11,20,29H,1-2H3. The zero-order valence-electron chi connectivity index (χ0n) is 17.5. The molecule has 0 radical (unpaired) electrons. The van der Waals surface area contributed by atoms with Gasteiger partial charge in [0.2, 0.25) is 5.78 Å². The number of aromatic nitrogens is 1. The third kappa shape index (κ3) is 3.57. The Hall–Kier alpha value is -3.62. The zero-order valence-corrected chi connectivity index (χ0v) is 19.1. The monoisotopic (exact) mass is 480 g/mol. The molecule has 7 nitrogen and oxygen atoms in total. The molecule has 3 heterocycles. The van der Waals surface area contributed by atoms with E-state index in [1.165, 1.54) is 22.3 Å². The minimum Gasteiger partial charge on any atom is -0.503 e. The highest BCUT2D eigenvalue weighted by Gasteiger charge is 2.46. The summed E-state index contributed by atoms with van der Waals surface area (Å²) in [5, 5.41) is 11.6. The normalized spacial score (nSPS) is 16.2. The summed E-state index contributed by atoms with van der Waals surface area (Å²) in [5.41, 5.74) is 1.13. The largest absolute Gasteiger partial charge is 0.503 e. The van der Waals surface area contributed by atoms with E-state index in [0.717, 1.165) is 4.70 Å². The van der Waals surface area contributed by atoms with Gasteiger partial charge in [-0.25, -0.2) is 4.98 Å². The van der Waals surface area contributed by atoms with Crippen LogP contribution in [0.3, 0.4) is 0 Å². The maximum Gasteiger partial charge on any atom is 0.296 e. The number of carbonyl (C=O) groups excluding carboxylic acids is 2. The number of Topliss-reactive ketones (excluding diaryl/α,β-unsaturated/α-hetero) is 1. The quantitative estimate of drug-likeness (QED) is 0.371. The topological polar surface area (TPSA) is 92.9 Å². The number of hydrogen-bond donors (Lipinski definition) is 1. The number of rotatable bonds is 5. The fraction of sp³-hybridized carbons (Fsp3) is 0.125. The Morgan fingerprint density at radius 3 is 2.73 bits per heavy atom. The number of hydrogen-bond acceptors (Lipinski definition) is 7. The lowest BCUT2D eigenvalue weighted by Gasteiger charge is -2.24. The van der Waals surface area contributed by atoms with Crippen molar-refractivity contribution in [2.45, 2.75) is 13.0 Å². The molecule has 0 fully saturated rings. The van der Waals surface area contributed by atoms with Crippen molar-refractivity contribution in [3.05, 3.63) is 88.0 Å². The average molecular weight is 481 g/mol. The third-order valence-electron chi connectivity index (χ3n) is 5.37. The summed E-state index contributed by atoms with van der Waals surface area (Å²) in [6.45, 7) is 1.71. The van der Waals surface area contributed by atoms with Gasteiger partial charge in [-0.3, -0.25) is 14.5 Å². The van der Waals surface area contributed by atoms with Gasteiger partial charge in [-0.05, 0) is 55.0 Å². The van der Waals surface area contributed by atoms with Gasteiger partial charge in [-0.1, -0.05) is 35.1 Å². The van der Waals surface area contributed by atoms with Crippen molar-refractivity contribution in [2.24, 2.45) is 0 Å². The molecule has 1 aliphatic heterocycles. The molecule has 33 heavy (non-hydrogen) atoms. The lowest BCUT2D eigenvalue weighted by Crippen LogP contribution is -2.30. The lowest BCUT2D eigenvalue weighted by atomic mass is 9.95. The molecular formula is C24H17ClN2O5S. The Morgan fingerprint density at radius 2 is 2.03 bits per heavy atom. The second-order valence-electron chi connectivity index (χ2n) is 7.46. The number of nitrogens with zero attached hydrogens (tertiary/aromatic N) is 2. The van der Waals surface area contributed by atoms with Crippen LogP contribution in [0, 0.1) is 6.92 Å². The molecule has 1 N–H and O–H groups in total. The molecule has 5 rings (SSSR count). The number of halogens is 1. The molecule has 9 heteroatoms. The molecular weight excluding hydrogens is 464 g/mol. The van der Waals surface area contributed by atoms with Gasteiger partial charge in [-0.15, -0.1) is 0 Å². The summed E-state index contributed by atoms with van der Waals surface area (Å²) < 4.78 is 11.6. The van der Waals surface area contributed by atoms with Crippen molar-refractivity contribution in [2.75, 3.05) is 12.0 Å². The number of ether oxygens (including phenoxy) is 1. The van der Waals surface area contributed by atoms with Crippen molar-refractivity contribution in [3.63, 3.8) is 0 Å². The van der Waals surface area contributed by atoms with Gasteiger partial charge in [-0.2, -0.15) is 0 Å². The van der Waals surface area contributed by atoms with Crippen LogP contribution < -0.4 is 9.64 Å². The fourth-order valence-electron chi connectivity index (χ4n) is 3.84. The number of carbonyl (C=O) groups is 2. The van der Waals surface area contributed by atoms with Crippen LogP contribution in [-0.4, -0.2) is 28.9 Å². The molecule has 0 saturated heterocycles. The number of anilines is 1. The summed E-state index contributed by atoms with van der Waals surface area (Å²) in [4.78, 5) is 32.5. The Balaban J connectivity index is 1.67. The van der Waals surface area contributed by atoms with E-state index in [9.17, 15) is 14.7 Å². The van der Waals surface area contributed by atoms with E-state index in [4.69, 9.17) is 20.8 Å². The predicted molar refractivity (Wildman–Crippen MR) is 125 cm³/mol. The van der Waals surface area contributed by atoms with Gasteiger partial charge in [0.25, 0.3) is 5.91 Å². The van der Waals surface area contributed by atoms with Crippen LogP contribution in [-0.2, 0) is 4.79 Å². The van der Waals surface area contributed by atoms with E-state index in [1.807, 2.05) is 6.07 Å². The first-order valence-electron chi connectivity index (χ1n) is 9.95. The lowest BCUT2D eigenvalue weighted by molar-refractivity contribution is -0.117. The van der Waals surface area contributed by atoms with E-state index >= 15 is 0 Å². The number of aryl methyl sites for hydroxylation is 1. The third-order valence-corrected chi connectivity index (χ3v) is 6.62. The maximum absolute atomic E-state index is 13.4. The van der Waals surface area contributed by atoms with E-state index in [-0.39, 0.29) is 11.3 Å². The SMILES string of the molecule is COc1ccc2nc(N3C(=O)C(O)=C(C(=O)c4ccc(C)o4)C3c3cccc(Cl)c3)sc2c1. The summed E-state index contributed by atoms with van der Waals surface area (Å²) in [5.74, 6) is -0.719. The number of fused-ring (bicyclic) bond motifs is 1. The van der Waals surface area contributed by atoms with Crippen molar-refractivity contribution in [1.29, 1.82) is 0 Å². The first-order valence-corrected chi connectivity index (χ1v) is 11.1. The number of thiazole rings is 1. The van der Waals surface area contributed by atoms with Crippen LogP contribution in [0.5, 0.6) is 5.75 Å².